The highest BCUT2D eigenvalue weighted by molar-refractivity contribution is 7.09. The minimum absolute atomic E-state index is 0.00242. The molecule has 1 unspecified atom stereocenters. The molecular weight excluding hydrogens is 288 g/mol. The highest BCUT2D eigenvalue weighted by Crippen LogP contribution is 2.19. The van der Waals surface area contributed by atoms with Crippen LogP contribution in [0.4, 0.5) is 0 Å². The van der Waals surface area contributed by atoms with E-state index in [1.807, 2.05) is 26.0 Å². The van der Waals surface area contributed by atoms with Crippen LogP contribution >= 0.6 is 11.3 Å². The Hall–Kier alpha value is -2.21. The number of carboxylic acids is 1. The number of amides is 1. The summed E-state index contributed by atoms with van der Waals surface area (Å²) in [5.41, 5.74) is 2.62. The molecule has 0 radical (unpaired) electrons. The van der Waals surface area contributed by atoms with E-state index < -0.39 is 5.97 Å². The lowest BCUT2D eigenvalue weighted by Gasteiger charge is -2.13. The van der Waals surface area contributed by atoms with E-state index in [0.29, 0.717) is 10.6 Å². The number of hydrogen-bond donors (Lipinski definition) is 2. The fourth-order valence-electron chi connectivity index (χ4n) is 1.99. The Balaban J connectivity index is 2.12. The van der Waals surface area contributed by atoms with Crippen molar-refractivity contribution in [2.75, 3.05) is 0 Å². The van der Waals surface area contributed by atoms with Crippen LogP contribution in [-0.2, 0) is 0 Å². The fourth-order valence-corrected chi connectivity index (χ4v) is 2.79. The molecule has 0 aliphatic carbocycles. The number of nitrogens with one attached hydrogen (secondary N) is 1. The maximum absolute atomic E-state index is 12.3. The molecule has 1 amide bonds. The molecular formula is C15H16N2O3S. The Morgan fingerprint density at radius 2 is 2.05 bits per heavy atom. The van der Waals surface area contributed by atoms with Crippen molar-refractivity contribution in [3.8, 4) is 0 Å². The first-order valence-corrected chi connectivity index (χ1v) is 7.33. The number of benzene rings is 1. The molecule has 21 heavy (non-hydrogen) atoms. The first-order valence-electron chi connectivity index (χ1n) is 6.45. The molecule has 1 heterocycles. The standard InChI is InChI=1S/C15H16N2O3S/c1-8-4-5-11(9(2)6-8)13(18)16-10(3)14-17-12(7-21-14)15(19)20/h4-7,10H,1-3H3,(H,16,18)(H,19,20). The molecule has 110 valence electrons. The summed E-state index contributed by atoms with van der Waals surface area (Å²) in [6, 6.07) is 5.29. The van der Waals surface area contributed by atoms with Gasteiger partial charge in [0.1, 0.15) is 5.01 Å². The third-order valence-corrected chi connectivity index (χ3v) is 4.11. The Labute approximate surface area is 126 Å². The Morgan fingerprint density at radius 1 is 1.33 bits per heavy atom. The Bertz CT molecular complexity index is 694. The monoisotopic (exact) mass is 304 g/mol. The number of aromatic carboxylic acids is 1. The van der Waals surface area contributed by atoms with Gasteiger partial charge in [-0.3, -0.25) is 4.79 Å². The van der Waals surface area contributed by atoms with Gasteiger partial charge >= 0.3 is 5.97 Å². The molecule has 0 bridgehead atoms. The lowest BCUT2D eigenvalue weighted by atomic mass is 10.1. The zero-order chi connectivity index (χ0) is 15.6. The summed E-state index contributed by atoms with van der Waals surface area (Å²) in [6.45, 7) is 5.64. The molecule has 0 saturated heterocycles. The number of nitrogens with zero attached hydrogens (tertiary/aromatic N) is 1. The molecule has 0 aliphatic rings. The third kappa shape index (κ3) is 3.46. The first-order chi connectivity index (χ1) is 9.88. The van der Waals surface area contributed by atoms with Crippen LogP contribution in [0.2, 0.25) is 0 Å². The molecule has 0 saturated carbocycles. The predicted molar refractivity (Wildman–Crippen MR) is 80.9 cm³/mol. The number of rotatable bonds is 4. The molecule has 0 aliphatic heterocycles. The van der Waals surface area contributed by atoms with Crippen molar-refractivity contribution >= 4 is 23.2 Å². The molecule has 0 spiro atoms. The van der Waals surface area contributed by atoms with Crippen LogP contribution in [0, 0.1) is 13.8 Å². The molecule has 6 heteroatoms. The number of thiazole rings is 1. The van der Waals surface area contributed by atoms with Gasteiger partial charge in [-0.15, -0.1) is 11.3 Å². The predicted octanol–water partition coefficient (Wildman–Crippen LogP) is 2.95. The number of carbonyl (C=O) groups is 2. The van der Waals surface area contributed by atoms with E-state index >= 15 is 0 Å². The van der Waals surface area contributed by atoms with E-state index in [4.69, 9.17) is 5.11 Å². The van der Waals surface area contributed by atoms with Crippen LogP contribution in [0.1, 0.15) is 49.9 Å². The second-order valence-electron chi connectivity index (χ2n) is 4.89. The molecule has 2 aromatic rings. The van der Waals surface area contributed by atoms with E-state index in [2.05, 4.69) is 10.3 Å². The first kappa shape index (κ1) is 15.2. The minimum Gasteiger partial charge on any atom is -0.476 e. The molecule has 2 N–H and O–H groups in total. The highest BCUT2D eigenvalue weighted by atomic mass is 32.1. The average molecular weight is 304 g/mol. The minimum atomic E-state index is -1.06. The Kier molecular flexibility index (Phi) is 4.37. The van der Waals surface area contributed by atoms with Gasteiger partial charge in [-0.1, -0.05) is 17.7 Å². The third-order valence-electron chi connectivity index (χ3n) is 3.09. The maximum Gasteiger partial charge on any atom is 0.355 e. The number of carboxylic acid groups (broad SMARTS) is 1. The van der Waals surface area contributed by atoms with Crippen LogP contribution in [0.15, 0.2) is 23.6 Å². The fraction of sp³-hybridized carbons (Fsp3) is 0.267. The molecule has 2 rings (SSSR count). The van der Waals surface area contributed by atoms with Crippen molar-refractivity contribution in [2.45, 2.75) is 26.8 Å². The lowest BCUT2D eigenvalue weighted by Crippen LogP contribution is -2.27. The van der Waals surface area contributed by atoms with Crippen molar-refractivity contribution in [3.05, 3.63) is 51.0 Å². The average Bonchev–Trinajstić information content (AvgIpc) is 2.88. The van der Waals surface area contributed by atoms with Gasteiger partial charge in [0.15, 0.2) is 5.69 Å². The van der Waals surface area contributed by atoms with Crippen molar-refractivity contribution in [1.82, 2.24) is 10.3 Å². The van der Waals surface area contributed by atoms with Gasteiger partial charge < -0.3 is 10.4 Å². The van der Waals surface area contributed by atoms with E-state index in [-0.39, 0.29) is 17.6 Å². The van der Waals surface area contributed by atoms with Gasteiger partial charge in [0.25, 0.3) is 5.91 Å². The Morgan fingerprint density at radius 3 is 2.62 bits per heavy atom. The van der Waals surface area contributed by atoms with Crippen LogP contribution in [0.3, 0.4) is 0 Å². The summed E-state index contributed by atoms with van der Waals surface area (Å²) in [5, 5.41) is 13.7. The molecule has 0 fully saturated rings. The second kappa shape index (κ2) is 6.05. The van der Waals surface area contributed by atoms with Crippen molar-refractivity contribution in [2.24, 2.45) is 0 Å². The summed E-state index contributed by atoms with van der Waals surface area (Å²) in [5.74, 6) is -1.25. The topological polar surface area (TPSA) is 79.3 Å². The SMILES string of the molecule is Cc1ccc(C(=O)NC(C)c2nc(C(=O)O)cs2)c(C)c1. The van der Waals surface area contributed by atoms with Crippen LogP contribution in [0.5, 0.6) is 0 Å². The molecule has 1 atom stereocenters. The van der Waals surface area contributed by atoms with Crippen molar-refractivity contribution < 1.29 is 14.7 Å². The van der Waals surface area contributed by atoms with E-state index in [0.717, 1.165) is 11.1 Å². The van der Waals surface area contributed by atoms with Gasteiger partial charge in [0.2, 0.25) is 0 Å². The summed E-state index contributed by atoms with van der Waals surface area (Å²) >= 11 is 1.22. The molecule has 1 aromatic heterocycles. The van der Waals surface area contributed by atoms with Crippen molar-refractivity contribution in [1.29, 1.82) is 0 Å². The van der Waals surface area contributed by atoms with Gasteiger partial charge in [-0.25, -0.2) is 9.78 Å². The number of carbonyl (C=O) groups excluding carboxylic acids is 1. The number of hydrogen-bond acceptors (Lipinski definition) is 4. The summed E-state index contributed by atoms with van der Waals surface area (Å²) in [7, 11) is 0. The quantitative estimate of drug-likeness (QED) is 0.910. The van der Waals surface area contributed by atoms with Crippen molar-refractivity contribution in [3.63, 3.8) is 0 Å². The lowest BCUT2D eigenvalue weighted by molar-refractivity contribution is 0.0691. The largest absolute Gasteiger partial charge is 0.476 e. The van der Waals surface area contributed by atoms with E-state index in [1.54, 1.807) is 13.0 Å². The van der Waals surface area contributed by atoms with Gasteiger partial charge in [0.05, 0.1) is 6.04 Å². The highest BCUT2D eigenvalue weighted by Gasteiger charge is 2.17. The zero-order valence-corrected chi connectivity index (χ0v) is 12.8. The number of aromatic nitrogens is 1. The smallest absolute Gasteiger partial charge is 0.355 e. The van der Waals surface area contributed by atoms with Crippen LogP contribution < -0.4 is 5.32 Å². The molecule has 5 nitrogen and oxygen atoms in total. The van der Waals surface area contributed by atoms with Gasteiger partial charge in [0, 0.05) is 10.9 Å². The second-order valence-corrected chi connectivity index (χ2v) is 5.78. The van der Waals surface area contributed by atoms with Gasteiger partial charge in [-0.2, -0.15) is 0 Å². The van der Waals surface area contributed by atoms with Gasteiger partial charge in [-0.05, 0) is 32.4 Å². The van der Waals surface area contributed by atoms with E-state index in [1.165, 1.54) is 16.7 Å². The summed E-state index contributed by atoms with van der Waals surface area (Å²) < 4.78 is 0. The van der Waals surface area contributed by atoms with E-state index in [9.17, 15) is 9.59 Å². The molecule has 1 aromatic carbocycles. The normalized spacial score (nSPS) is 12.0. The summed E-state index contributed by atoms with van der Waals surface area (Å²) in [4.78, 5) is 27.1. The van der Waals surface area contributed by atoms with Crippen LogP contribution in [-0.4, -0.2) is 22.0 Å². The van der Waals surface area contributed by atoms with Crippen LogP contribution in [0.25, 0.3) is 0 Å². The maximum atomic E-state index is 12.3. The number of aryl methyl sites for hydroxylation is 2. The zero-order valence-electron chi connectivity index (χ0n) is 12.0. The summed E-state index contributed by atoms with van der Waals surface area (Å²) in [6.07, 6.45) is 0.